The number of nitrogens with two attached hydrogens (primary N) is 1. The molecule has 3 nitrogen and oxygen atoms in total. The Morgan fingerprint density at radius 3 is 3.05 bits per heavy atom. The van der Waals surface area contributed by atoms with E-state index in [4.69, 9.17) is 22.1 Å². The highest BCUT2D eigenvalue weighted by molar-refractivity contribution is 6.33. The molecule has 0 amide bonds. The zero-order valence-corrected chi connectivity index (χ0v) is 13.5. The summed E-state index contributed by atoms with van der Waals surface area (Å²) in [6.07, 6.45) is 5.93. The van der Waals surface area contributed by atoms with Gasteiger partial charge in [0.1, 0.15) is 0 Å². The van der Waals surface area contributed by atoms with Crippen molar-refractivity contribution in [2.45, 2.75) is 57.2 Å². The second-order valence-corrected chi connectivity index (χ2v) is 6.67. The zero-order chi connectivity index (χ0) is 14.8. The number of anilines is 1. The molecule has 1 aromatic carbocycles. The number of halogens is 1. The molecule has 1 aromatic rings. The minimum atomic E-state index is 0.217. The number of fused-ring (bicyclic) bond motifs is 1. The van der Waals surface area contributed by atoms with Gasteiger partial charge in [-0.05, 0) is 49.8 Å². The number of nitrogens with zero attached hydrogens (tertiary/aromatic N) is 1. The minimum Gasteiger partial charge on any atom is -0.374 e. The molecular formula is C17H25ClN2O. The molecule has 3 unspecified atom stereocenters. The highest BCUT2D eigenvalue weighted by Gasteiger charge is 2.36. The van der Waals surface area contributed by atoms with Gasteiger partial charge >= 0.3 is 0 Å². The number of morpholine rings is 1. The Balaban J connectivity index is 1.78. The fraction of sp³-hybridized carbons (Fsp3) is 0.647. The van der Waals surface area contributed by atoms with Gasteiger partial charge in [-0.1, -0.05) is 24.6 Å². The molecule has 116 valence electrons. The number of rotatable bonds is 4. The van der Waals surface area contributed by atoms with Crippen molar-refractivity contribution in [2.75, 3.05) is 18.1 Å². The van der Waals surface area contributed by atoms with E-state index in [1.807, 2.05) is 0 Å². The molecule has 0 bridgehead atoms. The summed E-state index contributed by atoms with van der Waals surface area (Å²) in [5, 5.41) is 0.850. The Morgan fingerprint density at radius 1 is 1.43 bits per heavy atom. The maximum absolute atomic E-state index is 6.56. The van der Waals surface area contributed by atoms with Gasteiger partial charge in [0.05, 0.1) is 29.5 Å². The SMILES string of the molecule is CCC(N)Cc1ccc(N2CCOC3CCCC32)c(Cl)c1. The van der Waals surface area contributed by atoms with Crippen LogP contribution in [0, 0.1) is 0 Å². The van der Waals surface area contributed by atoms with E-state index in [0.29, 0.717) is 12.1 Å². The third-order valence-corrected chi connectivity index (χ3v) is 5.13. The van der Waals surface area contributed by atoms with E-state index in [-0.39, 0.29) is 6.04 Å². The number of ether oxygens (including phenoxy) is 1. The Labute approximate surface area is 132 Å². The summed E-state index contributed by atoms with van der Waals surface area (Å²) in [6.45, 7) is 3.86. The normalized spacial score (nSPS) is 26.7. The van der Waals surface area contributed by atoms with E-state index < -0.39 is 0 Å². The molecule has 1 saturated carbocycles. The third-order valence-electron chi connectivity index (χ3n) is 4.83. The summed E-state index contributed by atoms with van der Waals surface area (Å²) >= 11 is 6.56. The summed E-state index contributed by atoms with van der Waals surface area (Å²) < 4.78 is 5.88. The van der Waals surface area contributed by atoms with Gasteiger partial charge in [0.2, 0.25) is 0 Å². The fourth-order valence-corrected chi connectivity index (χ4v) is 3.89. The van der Waals surface area contributed by atoms with Gasteiger partial charge in [-0.15, -0.1) is 0 Å². The Morgan fingerprint density at radius 2 is 2.29 bits per heavy atom. The molecule has 3 atom stereocenters. The Hall–Kier alpha value is -0.770. The minimum absolute atomic E-state index is 0.217. The van der Waals surface area contributed by atoms with E-state index in [1.54, 1.807) is 0 Å². The van der Waals surface area contributed by atoms with E-state index in [0.717, 1.165) is 36.7 Å². The van der Waals surface area contributed by atoms with E-state index >= 15 is 0 Å². The van der Waals surface area contributed by atoms with Crippen LogP contribution in [0.3, 0.4) is 0 Å². The lowest BCUT2D eigenvalue weighted by Gasteiger charge is -2.39. The summed E-state index contributed by atoms with van der Waals surface area (Å²) in [5.41, 5.74) is 8.42. The molecular weight excluding hydrogens is 284 g/mol. The molecule has 1 aliphatic carbocycles. The van der Waals surface area contributed by atoms with Gasteiger partial charge in [-0.3, -0.25) is 0 Å². The molecule has 2 fully saturated rings. The van der Waals surface area contributed by atoms with Crippen LogP contribution in [0.15, 0.2) is 18.2 Å². The summed E-state index contributed by atoms with van der Waals surface area (Å²) in [4.78, 5) is 2.45. The van der Waals surface area contributed by atoms with Gasteiger partial charge in [0.25, 0.3) is 0 Å². The lowest BCUT2D eigenvalue weighted by atomic mass is 10.0. The first-order valence-electron chi connectivity index (χ1n) is 8.11. The fourth-order valence-electron chi connectivity index (χ4n) is 3.58. The smallest absolute Gasteiger partial charge is 0.0779 e. The van der Waals surface area contributed by atoms with Gasteiger partial charge in [0, 0.05) is 12.6 Å². The predicted molar refractivity (Wildman–Crippen MR) is 88.1 cm³/mol. The van der Waals surface area contributed by atoms with Gasteiger partial charge in [-0.2, -0.15) is 0 Å². The predicted octanol–water partition coefficient (Wildman–Crippen LogP) is 3.38. The molecule has 1 aliphatic heterocycles. The van der Waals surface area contributed by atoms with E-state index in [1.165, 1.54) is 24.8 Å². The largest absolute Gasteiger partial charge is 0.374 e. The van der Waals surface area contributed by atoms with Crippen LogP contribution in [0.5, 0.6) is 0 Å². The van der Waals surface area contributed by atoms with Crippen molar-refractivity contribution in [3.05, 3.63) is 28.8 Å². The maximum Gasteiger partial charge on any atom is 0.0779 e. The molecule has 0 aromatic heterocycles. The van der Waals surface area contributed by atoms with Crippen LogP contribution in [-0.2, 0) is 11.2 Å². The molecule has 21 heavy (non-hydrogen) atoms. The van der Waals surface area contributed by atoms with Crippen molar-refractivity contribution >= 4 is 17.3 Å². The summed E-state index contributed by atoms with van der Waals surface area (Å²) in [7, 11) is 0. The molecule has 2 N–H and O–H groups in total. The van der Waals surface area contributed by atoms with Crippen LogP contribution < -0.4 is 10.6 Å². The zero-order valence-electron chi connectivity index (χ0n) is 12.7. The standard InChI is InChI=1S/C17H25ClN2O/c1-2-13(19)10-12-6-7-15(14(18)11-12)20-8-9-21-17-5-3-4-16(17)20/h6-7,11,13,16-17H,2-5,8-10,19H2,1H3. The molecule has 3 rings (SSSR count). The third kappa shape index (κ3) is 3.20. The molecule has 1 heterocycles. The van der Waals surface area contributed by atoms with Crippen LogP contribution in [0.2, 0.25) is 5.02 Å². The van der Waals surface area contributed by atoms with Crippen molar-refractivity contribution < 1.29 is 4.74 Å². The number of benzene rings is 1. The van der Waals surface area contributed by atoms with Crippen LogP contribution in [-0.4, -0.2) is 31.3 Å². The lowest BCUT2D eigenvalue weighted by molar-refractivity contribution is 0.0256. The van der Waals surface area contributed by atoms with E-state index in [9.17, 15) is 0 Å². The first kappa shape index (κ1) is 15.1. The van der Waals surface area contributed by atoms with Gasteiger partial charge < -0.3 is 15.4 Å². The highest BCUT2D eigenvalue weighted by atomic mass is 35.5. The Bertz CT molecular complexity index is 494. The average Bonchev–Trinajstić information content (AvgIpc) is 2.96. The van der Waals surface area contributed by atoms with Crippen LogP contribution in [0.1, 0.15) is 38.2 Å². The van der Waals surface area contributed by atoms with Gasteiger partial charge in [0.15, 0.2) is 0 Å². The summed E-state index contributed by atoms with van der Waals surface area (Å²) in [5.74, 6) is 0. The second-order valence-electron chi connectivity index (χ2n) is 6.26. The van der Waals surface area contributed by atoms with Crippen molar-refractivity contribution in [1.82, 2.24) is 0 Å². The average molecular weight is 309 g/mol. The van der Waals surface area contributed by atoms with Crippen molar-refractivity contribution in [3.63, 3.8) is 0 Å². The molecule has 1 saturated heterocycles. The number of hydrogen-bond acceptors (Lipinski definition) is 3. The first-order valence-corrected chi connectivity index (χ1v) is 8.49. The maximum atomic E-state index is 6.56. The molecule has 2 aliphatic rings. The summed E-state index contributed by atoms with van der Waals surface area (Å²) in [6, 6.07) is 7.15. The van der Waals surface area contributed by atoms with E-state index in [2.05, 4.69) is 30.0 Å². The quantitative estimate of drug-likeness (QED) is 0.926. The van der Waals surface area contributed by atoms with Crippen molar-refractivity contribution in [3.8, 4) is 0 Å². The Kier molecular flexibility index (Phi) is 4.72. The molecule has 4 heteroatoms. The first-order chi connectivity index (χ1) is 10.2. The topological polar surface area (TPSA) is 38.5 Å². The molecule has 0 spiro atoms. The van der Waals surface area contributed by atoms with Crippen LogP contribution in [0.4, 0.5) is 5.69 Å². The van der Waals surface area contributed by atoms with Crippen molar-refractivity contribution in [2.24, 2.45) is 5.73 Å². The highest BCUT2D eigenvalue weighted by Crippen LogP contribution is 2.36. The van der Waals surface area contributed by atoms with Crippen LogP contribution in [0.25, 0.3) is 0 Å². The van der Waals surface area contributed by atoms with Crippen molar-refractivity contribution in [1.29, 1.82) is 0 Å². The number of hydrogen-bond donors (Lipinski definition) is 1. The second kappa shape index (κ2) is 6.55. The monoisotopic (exact) mass is 308 g/mol. The van der Waals surface area contributed by atoms with Gasteiger partial charge in [-0.25, -0.2) is 0 Å². The molecule has 0 radical (unpaired) electrons. The lowest BCUT2D eigenvalue weighted by Crippen LogP contribution is -2.48. The van der Waals surface area contributed by atoms with Crippen LogP contribution >= 0.6 is 11.6 Å².